The van der Waals surface area contributed by atoms with Crippen molar-refractivity contribution >= 4 is 0 Å². The maximum atomic E-state index is 13.5. The summed E-state index contributed by atoms with van der Waals surface area (Å²) in [6.45, 7) is 5.11. The zero-order chi connectivity index (χ0) is 14.3. The lowest BCUT2D eigenvalue weighted by Crippen LogP contribution is -2.30. The molecule has 1 aromatic rings. The molecule has 1 atom stereocenters. The predicted molar refractivity (Wildman–Crippen MR) is 71.6 cm³/mol. The lowest BCUT2D eigenvalue weighted by Gasteiger charge is -2.18. The fourth-order valence-electron chi connectivity index (χ4n) is 2.13. The standard InChI is InChI=1S/C15H22F3N/c1-3-5-12(19-10-4-2)8-6-11-7-9-13(16)15(18)14(11)17/h7,9,12,19H,3-6,8,10H2,1-2H3. The molecule has 0 aliphatic carbocycles. The monoisotopic (exact) mass is 273 g/mol. The van der Waals surface area contributed by atoms with Crippen LogP contribution in [-0.2, 0) is 6.42 Å². The minimum Gasteiger partial charge on any atom is -0.314 e. The Labute approximate surface area is 113 Å². The number of rotatable bonds is 8. The second kappa shape index (κ2) is 8.20. The van der Waals surface area contributed by atoms with Gasteiger partial charge in [-0.2, -0.15) is 0 Å². The maximum Gasteiger partial charge on any atom is 0.194 e. The number of hydrogen-bond donors (Lipinski definition) is 1. The SMILES string of the molecule is CCCNC(CCC)CCc1ccc(F)c(F)c1F. The Bertz CT molecular complexity index is 393. The first kappa shape index (κ1) is 16.0. The molecule has 0 fully saturated rings. The van der Waals surface area contributed by atoms with Crippen LogP contribution in [0.3, 0.4) is 0 Å². The van der Waals surface area contributed by atoms with Crippen LogP contribution in [0.1, 0.15) is 45.1 Å². The van der Waals surface area contributed by atoms with Gasteiger partial charge in [0.2, 0.25) is 0 Å². The predicted octanol–water partition coefficient (Wildman–Crippen LogP) is 4.20. The van der Waals surface area contributed by atoms with Crippen LogP contribution in [0, 0.1) is 17.5 Å². The fourth-order valence-corrected chi connectivity index (χ4v) is 2.13. The molecule has 0 bridgehead atoms. The van der Waals surface area contributed by atoms with Gasteiger partial charge in [-0.05, 0) is 43.9 Å². The molecule has 108 valence electrons. The van der Waals surface area contributed by atoms with Gasteiger partial charge >= 0.3 is 0 Å². The highest BCUT2D eigenvalue weighted by molar-refractivity contribution is 5.20. The first-order valence-electron chi connectivity index (χ1n) is 6.95. The Morgan fingerprint density at radius 2 is 1.74 bits per heavy atom. The molecule has 0 saturated heterocycles. The molecule has 4 heteroatoms. The third kappa shape index (κ3) is 4.86. The summed E-state index contributed by atoms with van der Waals surface area (Å²) in [7, 11) is 0. The fraction of sp³-hybridized carbons (Fsp3) is 0.600. The van der Waals surface area contributed by atoms with Gasteiger partial charge in [-0.3, -0.25) is 0 Å². The molecule has 0 aromatic heterocycles. The second-order valence-electron chi connectivity index (χ2n) is 4.81. The highest BCUT2D eigenvalue weighted by Gasteiger charge is 2.14. The van der Waals surface area contributed by atoms with Crippen molar-refractivity contribution in [3.8, 4) is 0 Å². The minimum atomic E-state index is -1.37. The minimum absolute atomic E-state index is 0.248. The number of halogens is 3. The number of aryl methyl sites for hydroxylation is 1. The van der Waals surface area contributed by atoms with Gasteiger partial charge in [0.05, 0.1) is 0 Å². The molecule has 0 amide bonds. The number of hydrogen-bond acceptors (Lipinski definition) is 1. The molecule has 19 heavy (non-hydrogen) atoms. The van der Waals surface area contributed by atoms with Crippen LogP contribution >= 0.6 is 0 Å². The summed E-state index contributed by atoms with van der Waals surface area (Å²) in [5.74, 6) is -3.55. The van der Waals surface area contributed by atoms with Gasteiger partial charge in [0.25, 0.3) is 0 Å². The summed E-state index contributed by atoms with van der Waals surface area (Å²) in [6.07, 6.45) is 4.24. The van der Waals surface area contributed by atoms with E-state index in [-0.39, 0.29) is 5.56 Å². The van der Waals surface area contributed by atoms with Crippen molar-refractivity contribution in [3.63, 3.8) is 0 Å². The third-order valence-corrected chi connectivity index (χ3v) is 3.20. The van der Waals surface area contributed by atoms with Crippen molar-refractivity contribution in [2.24, 2.45) is 0 Å². The molecular weight excluding hydrogens is 251 g/mol. The Morgan fingerprint density at radius 3 is 2.37 bits per heavy atom. The van der Waals surface area contributed by atoms with E-state index < -0.39 is 17.5 Å². The molecule has 0 aliphatic heterocycles. The van der Waals surface area contributed by atoms with Gasteiger partial charge in [0, 0.05) is 6.04 Å². The molecular formula is C15H22F3N. The molecule has 0 saturated carbocycles. The summed E-state index contributed by atoms with van der Waals surface area (Å²) >= 11 is 0. The maximum absolute atomic E-state index is 13.5. The van der Waals surface area contributed by atoms with Crippen molar-refractivity contribution < 1.29 is 13.2 Å². The molecule has 0 aliphatic rings. The third-order valence-electron chi connectivity index (χ3n) is 3.20. The Kier molecular flexibility index (Phi) is 6.92. The Balaban J connectivity index is 2.61. The van der Waals surface area contributed by atoms with E-state index in [1.165, 1.54) is 6.07 Å². The summed E-state index contributed by atoms with van der Waals surface area (Å²) in [6, 6.07) is 2.62. The molecule has 0 heterocycles. The van der Waals surface area contributed by atoms with Crippen LogP contribution in [0.25, 0.3) is 0 Å². The van der Waals surface area contributed by atoms with Gasteiger partial charge in [0.1, 0.15) is 0 Å². The van der Waals surface area contributed by atoms with Crippen LogP contribution < -0.4 is 5.32 Å². The molecule has 0 radical (unpaired) electrons. The van der Waals surface area contributed by atoms with Gasteiger partial charge in [-0.15, -0.1) is 0 Å². The van der Waals surface area contributed by atoms with Crippen molar-refractivity contribution in [1.82, 2.24) is 5.32 Å². The van der Waals surface area contributed by atoms with Gasteiger partial charge in [-0.1, -0.05) is 26.3 Å². The van der Waals surface area contributed by atoms with Gasteiger partial charge < -0.3 is 5.32 Å². The molecule has 1 aromatic carbocycles. The largest absolute Gasteiger partial charge is 0.314 e. The molecule has 1 unspecified atom stereocenters. The smallest absolute Gasteiger partial charge is 0.194 e. The van der Waals surface area contributed by atoms with Crippen LogP contribution in [0.2, 0.25) is 0 Å². The molecule has 1 N–H and O–H groups in total. The number of benzene rings is 1. The van der Waals surface area contributed by atoms with E-state index in [1.54, 1.807) is 0 Å². The van der Waals surface area contributed by atoms with Crippen molar-refractivity contribution in [2.45, 2.75) is 52.0 Å². The molecule has 1 nitrogen and oxygen atoms in total. The molecule has 1 rings (SSSR count). The van der Waals surface area contributed by atoms with E-state index in [1.807, 2.05) is 0 Å². The Hall–Kier alpha value is -1.03. The lowest BCUT2D eigenvalue weighted by atomic mass is 10.0. The summed E-state index contributed by atoms with van der Waals surface area (Å²) in [4.78, 5) is 0. The van der Waals surface area contributed by atoms with E-state index >= 15 is 0 Å². The first-order valence-corrected chi connectivity index (χ1v) is 6.95. The quantitative estimate of drug-likeness (QED) is 0.700. The summed E-state index contributed by atoms with van der Waals surface area (Å²) < 4.78 is 39.4. The lowest BCUT2D eigenvalue weighted by molar-refractivity contribution is 0.425. The summed E-state index contributed by atoms with van der Waals surface area (Å²) in [5, 5.41) is 3.40. The van der Waals surface area contributed by atoms with E-state index in [0.29, 0.717) is 12.5 Å². The average molecular weight is 273 g/mol. The van der Waals surface area contributed by atoms with Crippen molar-refractivity contribution in [1.29, 1.82) is 0 Å². The number of nitrogens with one attached hydrogen (secondary N) is 1. The molecule has 0 spiro atoms. The van der Waals surface area contributed by atoms with Crippen molar-refractivity contribution in [2.75, 3.05) is 6.54 Å². The topological polar surface area (TPSA) is 12.0 Å². The highest BCUT2D eigenvalue weighted by atomic mass is 19.2. The second-order valence-corrected chi connectivity index (χ2v) is 4.81. The zero-order valence-corrected chi connectivity index (χ0v) is 11.6. The Morgan fingerprint density at radius 1 is 1.00 bits per heavy atom. The van der Waals surface area contributed by atoms with E-state index in [2.05, 4.69) is 19.2 Å². The highest BCUT2D eigenvalue weighted by Crippen LogP contribution is 2.17. The van der Waals surface area contributed by atoms with Crippen LogP contribution in [0.5, 0.6) is 0 Å². The summed E-state index contributed by atoms with van der Waals surface area (Å²) in [5.41, 5.74) is 0.248. The van der Waals surface area contributed by atoms with E-state index in [0.717, 1.165) is 38.3 Å². The average Bonchev–Trinajstić information content (AvgIpc) is 2.41. The normalized spacial score (nSPS) is 12.7. The first-order chi connectivity index (χ1) is 9.10. The van der Waals surface area contributed by atoms with Crippen LogP contribution in [-0.4, -0.2) is 12.6 Å². The zero-order valence-electron chi connectivity index (χ0n) is 11.6. The van der Waals surface area contributed by atoms with E-state index in [9.17, 15) is 13.2 Å². The van der Waals surface area contributed by atoms with Gasteiger partial charge in [0.15, 0.2) is 17.5 Å². The van der Waals surface area contributed by atoms with Crippen LogP contribution in [0.15, 0.2) is 12.1 Å². The van der Waals surface area contributed by atoms with Gasteiger partial charge in [-0.25, -0.2) is 13.2 Å². The van der Waals surface area contributed by atoms with E-state index in [4.69, 9.17) is 0 Å². The van der Waals surface area contributed by atoms with Crippen molar-refractivity contribution in [3.05, 3.63) is 35.1 Å². The van der Waals surface area contributed by atoms with Crippen LogP contribution in [0.4, 0.5) is 13.2 Å².